The monoisotopic (exact) mass is 488 g/mol. The fraction of sp³-hybridized carbons (Fsp3) is 0.533. The first-order valence-corrected chi connectivity index (χ1v) is 13.8. The highest BCUT2D eigenvalue weighted by atomic mass is 16.2. The van der Waals surface area contributed by atoms with E-state index in [0.717, 1.165) is 50.1 Å². The number of isocyanates is 1. The first kappa shape index (κ1) is 26.1. The molecule has 0 unspecified atom stereocenters. The zero-order valence-corrected chi connectivity index (χ0v) is 21.5. The molecule has 2 fully saturated rings. The normalized spacial score (nSPS) is 17.8. The van der Waals surface area contributed by atoms with Crippen molar-refractivity contribution >= 4 is 23.5 Å². The number of rotatable bonds is 2. The van der Waals surface area contributed by atoms with Gasteiger partial charge in [-0.2, -0.15) is 4.99 Å². The van der Waals surface area contributed by atoms with Crippen LogP contribution in [-0.2, 0) is 30.5 Å². The van der Waals surface area contributed by atoms with E-state index in [-0.39, 0.29) is 6.03 Å². The largest absolute Gasteiger partial charge is 0.325 e. The van der Waals surface area contributed by atoms with Crippen LogP contribution in [-0.4, -0.2) is 43.2 Å². The maximum Gasteiger partial charge on any atom is 0.321 e. The molecule has 0 saturated carbocycles. The summed E-state index contributed by atoms with van der Waals surface area (Å²) < 4.78 is 0. The molecule has 2 aromatic carbocycles. The number of nitrogens with zero attached hydrogens (tertiary/aromatic N) is 2. The van der Waals surface area contributed by atoms with Gasteiger partial charge >= 0.3 is 6.03 Å². The van der Waals surface area contributed by atoms with Crippen LogP contribution in [0.15, 0.2) is 41.4 Å². The first-order valence-electron chi connectivity index (χ1n) is 13.8. The summed E-state index contributed by atoms with van der Waals surface area (Å²) >= 11 is 0. The zero-order chi connectivity index (χ0) is 25.0. The summed E-state index contributed by atoms with van der Waals surface area (Å²) in [6.45, 7) is 4.30. The van der Waals surface area contributed by atoms with Crippen molar-refractivity contribution in [1.82, 2.24) is 10.2 Å². The predicted octanol–water partition coefficient (Wildman–Crippen LogP) is 6.10. The lowest BCUT2D eigenvalue weighted by molar-refractivity contribution is 0.200. The lowest BCUT2D eigenvalue weighted by Gasteiger charge is -2.26. The molecule has 2 N–H and O–H groups in total. The maximum absolute atomic E-state index is 12.1. The molecule has 6 rings (SSSR count). The number of likely N-dealkylation sites (tertiary alicyclic amines) is 1. The van der Waals surface area contributed by atoms with E-state index in [1.54, 1.807) is 6.08 Å². The minimum atomic E-state index is 0.0626. The van der Waals surface area contributed by atoms with Crippen LogP contribution in [0.5, 0.6) is 0 Å². The van der Waals surface area contributed by atoms with Gasteiger partial charge in [-0.05, 0) is 130 Å². The fourth-order valence-electron chi connectivity index (χ4n) is 5.43. The zero-order valence-electron chi connectivity index (χ0n) is 21.5. The molecule has 6 nitrogen and oxygen atoms in total. The number of fused-ring (bicyclic) bond motifs is 2. The van der Waals surface area contributed by atoms with Gasteiger partial charge in [0, 0.05) is 18.8 Å². The highest BCUT2D eigenvalue weighted by molar-refractivity contribution is 5.89. The van der Waals surface area contributed by atoms with Crippen LogP contribution < -0.4 is 10.6 Å². The van der Waals surface area contributed by atoms with Crippen LogP contribution in [0.3, 0.4) is 0 Å². The molecule has 0 aromatic heterocycles. The smallest absolute Gasteiger partial charge is 0.321 e. The van der Waals surface area contributed by atoms with Crippen molar-refractivity contribution in [3.8, 4) is 0 Å². The van der Waals surface area contributed by atoms with Crippen LogP contribution in [0.4, 0.5) is 16.2 Å². The van der Waals surface area contributed by atoms with Crippen molar-refractivity contribution in [2.24, 2.45) is 4.99 Å². The molecule has 2 amide bonds. The minimum Gasteiger partial charge on any atom is -0.325 e. The number of piperidine rings is 2. The van der Waals surface area contributed by atoms with E-state index in [0.29, 0.717) is 0 Å². The quantitative estimate of drug-likeness (QED) is 0.396. The first-order chi connectivity index (χ1) is 17.7. The molecule has 2 aromatic rings. The SMILES string of the molecule is C1CCNCC1.O=C(Nc1ccc2c(c1)CCC2)N1CCCCC1.O=C=Nc1ccc2c(c1)CCC2. The third-order valence-electron chi connectivity index (χ3n) is 7.46. The highest BCUT2D eigenvalue weighted by Gasteiger charge is 2.17. The second-order valence-electron chi connectivity index (χ2n) is 10.1. The Bertz CT molecular complexity index is 1040. The van der Waals surface area contributed by atoms with Gasteiger partial charge < -0.3 is 15.5 Å². The standard InChI is InChI=1S/C15H20N2O.C10H9NO.C5H11N/c18-15(17-9-2-1-3-10-17)16-14-8-7-12-5-4-6-13(12)11-14;12-7-11-10-5-4-8-2-1-3-9(8)6-10;1-2-4-6-5-3-1/h7-8,11H,1-6,9-10H2,(H,16,18);4-6H,1-3H2;6H,1-5H2. The van der Waals surface area contributed by atoms with Gasteiger partial charge in [-0.25, -0.2) is 9.59 Å². The Hall–Kier alpha value is -2.95. The van der Waals surface area contributed by atoms with Gasteiger partial charge in [-0.3, -0.25) is 0 Å². The van der Waals surface area contributed by atoms with E-state index in [4.69, 9.17) is 0 Å². The Balaban J connectivity index is 0.000000145. The second-order valence-corrected chi connectivity index (χ2v) is 10.1. The highest BCUT2D eigenvalue weighted by Crippen LogP contribution is 2.26. The molecule has 2 aliphatic heterocycles. The summed E-state index contributed by atoms with van der Waals surface area (Å²) in [4.78, 5) is 27.6. The van der Waals surface area contributed by atoms with E-state index >= 15 is 0 Å². The van der Waals surface area contributed by atoms with Crippen molar-refractivity contribution < 1.29 is 9.59 Å². The molecular formula is C30H40N4O2. The van der Waals surface area contributed by atoms with E-state index in [2.05, 4.69) is 33.8 Å². The molecule has 0 spiro atoms. The van der Waals surface area contributed by atoms with E-state index in [1.807, 2.05) is 23.1 Å². The summed E-state index contributed by atoms with van der Waals surface area (Å²) in [5, 5.41) is 6.31. The van der Waals surface area contributed by atoms with E-state index in [1.165, 1.54) is 86.7 Å². The summed E-state index contributed by atoms with van der Waals surface area (Å²) in [6, 6.07) is 12.3. The molecule has 0 atom stereocenters. The molecule has 4 aliphatic rings. The van der Waals surface area contributed by atoms with Crippen molar-refractivity contribution in [1.29, 1.82) is 0 Å². The third kappa shape index (κ3) is 7.78. The van der Waals surface area contributed by atoms with Crippen LogP contribution in [0.2, 0.25) is 0 Å². The lowest BCUT2D eigenvalue weighted by Crippen LogP contribution is -2.38. The number of urea groups is 1. The maximum atomic E-state index is 12.1. The number of hydrogen-bond donors (Lipinski definition) is 2. The summed E-state index contributed by atoms with van der Waals surface area (Å²) in [5.74, 6) is 0. The van der Waals surface area contributed by atoms with Gasteiger partial charge in [0.2, 0.25) is 6.08 Å². The third-order valence-corrected chi connectivity index (χ3v) is 7.46. The van der Waals surface area contributed by atoms with Crippen LogP contribution in [0.25, 0.3) is 0 Å². The molecule has 0 bridgehead atoms. The Morgan fingerprint density at radius 3 is 1.97 bits per heavy atom. The van der Waals surface area contributed by atoms with Gasteiger partial charge in [0.05, 0.1) is 5.69 Å². The van der Waals surface area contributed by atoms with Crippen molar-refractivity contribution in [2.45, 2.75) is 77.0 Å². The topological polar surface area (TPSA) is 73.8 Å². The molecule has 2 saturated heterocycles. The van der Waals surface area contributed by atoms with Crippen molar-refractivity contribution in [3.05, 3.63) is 58.7 Å². The number of carbonyl (C=O) groups excluding carboxylic acids is 2. The molecule has 2 aliphatic carbocycles. The molecule has 192 valence electrons. The molecule has 2 heterocycles. The predicted molar refractivity (Wildman–Crippen MR) is 146 cm³/mol. The van der Waals surface area contributed by atoms with E-state index < -0.39 is 0 Å². The van der Waals surface area contributed by atoms with Gasteiger partial charge in [0.15, 0.2) is 0 Å². The van der Waals surface area contributed by atoms with Gasteiger partial charge in [-0.1, -0.05) is 18.6 Å². The molecule has 36 heavy (non-hydrogen) atoms. The van der Waals surface area contributed by atoms with Gasteiger partial charge in [-0.15, -0.1) is 0 Å². The Labute approximate surface area is 215 Å². The number of amides is 2. The Morgan fingerprint density at radius 1 is 0.750 bits per heavy atom. The number of carbonyl (C=O) groups is 1. The van der Waals surface area contributed by atoms with Crippen molar-refractivity contribution in [2.75, 3.05) is 31.5 Å². The minimum absolute atomic E-state index is 0.0626. The average molecular weight is 489 g/mol. The lowest BCUT2D eigenvalue weighted by atomic mass is 10.1. The average Bonchev–Trinajstić information content (AvgIpc) is 3.60. The number of hydrogen-bond acceptors (Lipinski definition) is 4. The fourth-order valence-corrected chi connectivity index (χ4v) is 5.43. The second kappa shape index (κ2) is 14.0. The van der Waals surface area contributed by atoms with Crippen LogP contribution >= 0.6 is 0 Å². The van der Waals surface area contributed by atoms with E-state index in [9.17, 15) is 9.59 Å². The number of aliphatic imine (C=N–C) groups is 1. The Kier molecular flexibility index (Phi) is 10.1. The number of anilines is 1. The molecule has 0 radical (unpaired) electrons. The Morgan fingerprint density at radius 2 is 1.36 bits per heavy atom. The number of aryl methyl sites for hydroxylation is 4. The van der Waals surface area contributed by atoms with Crippen LogP contribution in [0.1, 0.15) is 73.6 Å². The molecular weight excluding hydrogens is 448 g/mol. The van der Waals surface area contributed by atoms with Crippen LogP contribution in [0, 0.1) is 0 Å². The number of nitrogens with one attached hydrogen (secondary N) is 2. The van der Waals surface area contributed by atoms with Gasteiger partial charge in [0.25, 0.3) is 0 Å². The summed E-state index contributed by atoms with van der Waals surface area (Å²) in [7, 11) is 0. The molecule has 6 heteroatoms. The number of benzene rings is 2. The summed E-state index contributed by atoms with van der Waals surface area (Å²) in [6.07, 6.45) is 16.4. The van der Waals surface area contributed by atoms with Gasteiger partial charge in [0.1, 0.15) is 0 Å². The van der Waals surface area contributed by atoms with Crippen molar-refractivity contribution in [3.63, 3.8) is 0 Å². The summed E-state index contributed by atoms with van der Waals surface area (Å²) in [5.41, 5.74) is 7.28.